The van der Waals surface area contributed by atoms with Gasteiger partial charge in [-0.2, -0.15) is 0 Å². The lowest BCUT2D eigenvalue weighted by Gasteiger charge is -1.97. The summed E-state index contributed by atoms with van der Waals surface area (Å²) in [6.07, 6.45) is 2.27. The predicted octanol–water partition coefficient (Wildman–Crippen LogP) is 1.23. The molecule has 1 aromatic heterocycles. The average molecular weight is 155 g/mol. The van der Waals surface area contributed by atoms with Crippen molar-refractivity contribution in [1.82, 2.24) is 4.98 Å². The van der Waals surface area contributed by atoms with Gasteiger partial charge in [-0.05, 0) is 6.92 Å². The van der Waals surface area contributed by atoms with E-state index in [1.54, 1.807) is 0 Å². The van der Waals surface area contributed by atoms with E-state index in [0.717, 1.165) is 6.20 Å². The zero-order valence-corrected chi connectivity index (χ0v) is 5.84. The van der Waals surface area contributed by atoms with Gasteiger partial charge in [0.25, 0.3) is 0 Å². The van der Waals surface area contributed by atoms with Crippen molar-refractivity contribution in [3.05, 3.63) is 29.3 Å². The van der Waals surface area contributed by atoms with Gasteiger partial charge >= 0.3 is 5.97 Å². The van der Waals surface area contributed by atoms with Crippen molar-refractivity contribution in [3.8, 4) is 0 Å². The number of nitrogens with zero attached hydrogens (tertiary/aromatic N) is 1. The van der Waals surface area contributed by atoms with Crippen molar-refractivity contribution < 1.29 is 14.3 Å². The Bertz CT molecular complexity index is 298. The number of aryl methyl sites for hydroxylation is 1. The second kappa shape index (κ2) is 2.65. The molecule has 1 heterocycles. The molecule has 0 saturated carbocycles. The molecule has 4 heteroatoms. The number of aromatic carboxylic acids is 1. The molecule has 0 bridgehead atoms. The summed E-state index contributed by atoms with van der Waals surface area (Å²) in [5.74, 6) is -2.01. The minimum atomic E-state index is -1.29. The van der Waals surface area contributed by atoms with Crippen LogP contribution in [0.1, 0.15) is 15.9 Å². The van der Waals surface area contributed by atoms with Gasteiger partial charge in [-0.3, -0.25) is 4.98 Å². The van der Waals surface area contributed by atoms with Gasteiger partial charge in [0.05, 0.1) is 0 Å². The molecular weight excluding hydrogens is 149 g/mol. The number of carboxylic acid groups (broad SMARTS) is 1. The molecule has 0 saturated heterocycles. The van der Waals surface area contributed by atoms with Crippen molar-refractivity contribution in [1.29, 1.82) is 0 Å². The maximum absolute atomic E-state index is 12.8. The summed E-state index contributed by atoms with van der Waals surface area (Å²) in [5, 5.41) is 8.41. The minimum Gasteiger partial charge on any atom is -0.478 e. The van der Waals surface area contributed by atoms with E-state index in [0.29, 0.717) is 0 Å². The normalized spacial score (nSPS) is 9.64. The summed E-state index contributed by atoms with van der Waals surface area (Å²) < 4.78 is 12.8. The summed E-state index contributed by atoms with van der Waals surface area (Å²) in [4.78, 5) is 13.8. The highest BCUT2D eigenvalue weighted by molar-refractivity contribution is 5.87. The summed E-state index contributed by atoms with van der Waals surface area (Å²) >= 11 is 0. The molecular formula is C7H6FNO2. The molecule has 58 valence electrons. The number of aromatic nitrogens is 1. The zero-order valence-electron chi connectivity index (χ0n) is 5.84. The lowest BCUT2D eigenvalue weighted by atomic mass is 10.2. The van der Waals surface area contributed by atoms with Crippen molar-refractivity contribution in [3.63, 3.8) is 0 Å². The Kier molecular flexibility index (Phi) is 1.85. The van der Waals surface area contributed by atoms with Crippen LogP contribution in [-0.2, 0) is 0 Å². The van der Waals surface area contributed by atoms with Crippen LogP contribution in [0.4, 0.5) is 4.39 Å². The molecule has 1 aromatic rings. The number of halogens is 1. The van der Waals surface area contributed by atoms with E-state index in [9.17, 15) is 9.18 Å². The van der Waals surface area contributed by atoms with E-state index in [1.165, 1.54) is 13.1 Å². The number of rotatable bonds is 1. The second-order valence-electron chi connectivity index (χ2n) is 2.12. The molecule has 3 nitrogen and oxygen atoms in total. The van der Waals surface area contributed by atoms with Crippen molar-refractivity contribution in [2.45, 2.75) is 6.92 Å². The van der Waals surface area contributed by atoms with Gasteiger partial charge in [0.2, 0.25) is 0 Å². The number of carbonyl (C=O) groups is 1. The van der Waals surface area contributed by atoms with Crippen LogP contribution >= 0.6 is 0 Å². The molecule has 0 unspecified atom stereocenters. The summed E-state index contributed by atoms with van der Waals surface area (Å²) in [5.41, 5.74) is -0.144. The van der Waals surface area contributed by atoms with Crippen molar-refractivity contribution >= 4 is 5.97 Å². The smallest absolute Gasteiger partial charge is 0.340 e. The fourth-order valence-electron chi connectivity index (χ4n) is 0.698. The predicted molar refractivity (Wildman–Crippen MR) is 35.9 cm³/mol. The summed E-state index contributed by atoms with van der Waals surface area (Å²) in [6.45, 7) is 1.47. The summed E-state index contributed by atoms with van der Waals surface area (Å²) in [6, 6.07) is 0. The highest BCUT2D eigenvalue weighted by atomic mass is 19.1. The van der Waals surface area contributed by atoms with E-state index in [2.05, 4.69) is 4.98 Å². The first-order valence-electron chi connectivity index (χ1n) is 2.96. The van der Waals surface area contributed by atoms with Gasteiger partial charge in [0.15, 0.2) is 0 Å². The molecule has 0 atom stereocenters. The van der Waals surface area contributed by atoms with Gasteiger partial charge in [0.1, 0.15) is 11.4 Å². The molecule has 0 aliphatic rings. The fraction of sp³-hybridized carbons (Fsp3) is 0.143. The molecule has 1 N–H and O–H groups in total. The van der Waals surface area contributed by atoms with Gasteiger partial charge in [0, 0.05) is 18.0 Å². The summed E-state index contributed by atoms with van der Waals surface area (Å²) in [7, 11) is 0. The first-order chi connectivity index (χ1) is 5.13. The van der Waals surface area contributed by atoms with Crippen molar-refractivity contribution in [2.75, 3.05) is 0 Å². The topological polar surface area (TPSA) is 50.2 Å². The maximum atomic E-state index is 12.8. The molecule has 0 amide bonds. The Hall–Kier alpha value is -1.45. The molecule has 0 radical (unpaired) electrons. The lowest BCUT2D eigenvalue weighted by Crippen LogP contribution is -2.02. The van der Waals surface area contributed by atoms with Gasteiger partial charge < -0.3 is 5.11 Å². The number of hydrogen-bond donors (Lipinski definition) is 1. The van der Waals surface area contributed by atoms with Crippen LogP contribution in [-0.4, -0.2) is 16.1 Å². The highest BCUT2D eigenvalue weighted by Gasteiger charge is 2.11. The average Bonchev–Trinajstić information content (AvgIpc) is 1.94. The quantitative estimate of drug-likeness (QED) is 0.663. The largest absolute Gasteiger partial charge is 0.478 e. The molecule has 0 aromatic carbocycles. The van der Waals surface area contributed by atoms with Crippen LogP contribution in [0, 0.1) is 12.7 Å². The van der Waals surface area contributed by atoms with E-state index in [-0.39, 0.29) is 11.1 Å². The monoisotopic (exact) mass is 155 g/mol. The van der Waals surface area contributed by atoms with Crippen molar-refractivity contribution in [2.24, 2.45) is 0 Å². The van der Waals surface area contributed by atoms with Crippen LogP contribution in [0.25, 0.3) is 0 Å². The molecule has 11 heavy (non-hydrogen) atoms. The van der Waals surface area contributed by atoms with E-state index >= 15 is 0 Å². The Morgan fingerprint density at radius 2 is 2.27 bits per heavy atom. The second-order valence-corrected chi connectivity index (χ2v) is 2.12. The van der Waals surface area contributed by atoms with Gasteiger partial charge in [-0.1, -0.05) is 0 Å². The molecule has 0 aliphatic heterocycles. The van der Waals surface area contributed by atoms with E-state index < -0.39 is 11.8 Å². The number of carboxylic acids is 1. The third-order valence-electron chi connectivity index (χ3n) is 1.28. The van der Waals surface area contributed by atoms with Crippen LogP contribution in [0.15, 0.2) is 12.4 Å². The minimum absolute atomic E-state index is 0.241. The Balaban J connectivity index is 3.27. The lowest BCUT2D eigenvalue weighted by molar-refractivity contribution is 0.0691. The van der Waals surface area contributed by atoms with Crippen LogP contribution in [0.5, 0.6) is 0 Å². The van der Waals surface area contributed by atoms with Crippen LogP contribution in [0.3, 0.4) is 0 Å². The molecule has 1 rings (SSSR count). The number of pyridine rings is 1. The first kappa shape index (κ1) is 7.65. The van der Waals surface area contributed by atoms with E-state index in [1.807, 2.05) is 0 Å². The number of hydrogen-bond acceptors (Lipinski definition) is 2. The highest BCUT2D eigenvalue weighted by Crippen LogP contribution is 2.08. The fourth-order valence-corrected chi connectivity index (χ4v) is 0.698. The SMILES string of the molecule is Cc1cncc(C(=O)O)c1F. The molecule has 0 aliphatic carbocycles. The Labute approximate surface area is 62.5 Å². The third-order valence-corrected chi connectivity index (χ3v) is 1.28. The molecule has 0 fully saturated rings. The van der Waals surface area contributed by atoms with Crippen LogP contribution < -0.4 is 0 Å². The maximum Gasteiger partial charge on any atom is 0.340 e. The van der Waals surface area contributed by atoms with Crippen LogP contribution in [0.2, 0.25) is 0 Å². The standard InChI is InChI=1S/C7H6FNO2/c1-4-2-9-3-5(6(4)8)7(10)11/h2-3H,1H3,(H,10,11). The zero-order chi connectivity index (χ0) is 8.43. The van der Waals surface area contributed by atoms with E-state index in [4.69, 9.17) is 5.11 Å². The molecule has 0 spiro atoms. The van der Waals surface area contributed by atoms with Gasteiger partial charge in [-0.15, -0.1) is 0 Å². The third kappa shape index (κ3) is 1.34. The Morgan fingerprint density at radius 1 is 1.64 bits per heavy atom. The first-order valence-corrected chi connectivity index (χ1v) is 2.96. The Morgan fingerprint density at radius 3 is 2.73 bits per heavy atom. The van der Waals surface area contributed by atoms with Gasteiger partial charge in [-0.25, -0.2) is 9.18 Å².